The summed E-state index contributed by atoms with van der Waals surface area (Å²) in [7, 11) is 0. The minimum atomic E-state index is -1.92. The Balaban J connectivity index is 1.61. The SMILES string of the molecule is O=c1c(O[C@@H]2O[C@@H](CO)[C@H](O)[C@H](O)[C@H]2O)c(-c2ccc(O)c(O)c2)oc2cc(O[C@@H]3OC[C@H](O)[C@H](O)[C@@H]3O)cc(O)c12. The monoisotopic (exact) mass is 596 g/mol. The standard InChI is InChI=1S/C26H28O16/c27-6-15-18(33)20(35)22(37)26(41-15)42-24-19(34)16-12(30)4-9(39-25-21(36)17(32)13(31)7-38-25)5-14(16)40-23(24)8-1-2-10(28)11(29)3-8/h1-5,13,15,17-18,20-22,25-33,35-37H,6-7H2/t13-,15-,17-,18-,20-,21-,22+,25-,26-/m0/s1. The number of hydrogen-bond donors (Lipinski definition) is 10. The minimum Gasteiger partial charge on any atom is -0.507 e. The van der Waals surface area contributed by atoms with Gasteiger partial charge in [-0.25, -0.2) is 0 Å². The lowest BCUT2D eigenvalue weighted by molar-refractivity contribution is -0.277. The van der Waals surface area contributed by atoms with E-state index < -0.39 is 101 Å². The highest BCUT2D eigenvalue weighted by atomic mass is 16.7. The molecule has 0 bridgehead atoms. The molecule has 16 heteroatoms. The molecular formula is C26H28O16. The first-order valence-corrected chi connectivity index (χ1v) is 12.6. The van der Waals surface area contributed by atoms with Gasteiger partial charge in [0.15, 0.2) is 17.3 Å². The molecule has 0 spiro atoms. The predicted octanol–water partition coefficient (Wildman–Crippen LogP) is -2.43. The Morgan fingerprint density at radius 2 is 1.50 bits per heavy atom. The summed E-state index contributed by atoms with van der Waals surface area (Å²) >= 11 is 0. The van der Waals surface area contributed by atoms with Crippen molar-refractivity contribution >= 4 is 11.0 Å². The van der Waals surface area contributed by atoms with Gasteiger partial charge in [-0.1, -0.05) is 0 Å². The summed E-state index contributed by atoms with van der Waals surface area (Å²) in [4.78, 5) is 13.7. The second kappa shape index (κ2) is 11.5. The van der Waals surface area contributed by atoms with Gasteiger partial charge in [-0.05, 0) is 18.2 Å². The van der Waals surface area contributed by atoms with Gasteiger partial charge in [0.05, 0.1) is 13.2 Å². The predicted molar refractivity (Wildman–Crippen MR) is 136 cm³/mol. The second-order valence-corrected chi connectivity index (χ2v) is 9.79. The fourth-order valence-corrected chi connectivity index (χ4v) is 4.59. The molecule has 0 saturated carbocycles. The van der Waals surface area contributed by atoms with Crippen molar-refractivity contribution in [3.05, 3.63) is 40.6 Å². The van der Waals surface area contributed by atoms with Crippen LogP contribution in [0.2, 0.25) is 0 Å². The number of hydrogen-bond acceptors (Lipinski definition) is 16. The molecular weight excluding hydrogens is 568 g/mol. The molecule has 3 aromatic rings. The molecule has 0 amide bonds. The van der Waals surface area contributed by atoms with Crippen LogP contribution in [0.3, 0.4) is 0 Å². The van der Waals surface area contributed by atoms with Gasteiger partial charge < -0.3 is 74.4 Å². The largest absolute Gasteiger partial charge is 0.507 e. The van der Waals surface area contributed by atoms with E-state index in [1.807, 2.05) is 0 Å². The molecule has 3 heterocycles. The Morgan fingerprint density at radius 3 is 2.19 bits per heavy atom. The maximum atomic E-state index is 13.7. The summed E-state index contributed by atoms with van der Waals surface area (Å²) in [5.41, 5.74) is -1.39. The van der Waals surface area contributed by atoms with Crippen molar-refractivity contribution < 1.29 is 74.4 Å². The quantitative estimate of drug-likeness (QED) is 0.133. The van der Waals surface area contributed by atoms with E-state index in [9.17, 15) is 55.9 Å². The van der Waals surface area contributed by atoms with Gasteiger partial charge in [0.2, 0.25) is 23.8 Å². The van der Waals surface area contributed by atoms with Crippen molar-refractivity contribution in [3.8, 4) is 40.1 Å². The highest BCUT2D eigenvalue weighted by Gasteiger charge is 2.45. The fraction of sp³-hybridized carbons (Fsp3) is 0.423. The first-order chi connectivity index (χ1) is 19.9. The van der Waals surface area contributed by atoms with E-state index in [0.29, 0.717) is 0 Å². The summed E-state index contributed by atoms with van der Waals surface area (Å²) < 4.78 is 27.5. The average Bonchev–Trinajstić information content (AvgIpc) is 2.96. The van der Waals surface area contributed by atoms with Crippen molar-refractivity contribution in [1.29, 1.82) is 0 Å². The zero-order valence-corrected chi connectivity index (χ0v) is 21.4. The highest BCUT2D eigenvalue weighted by Crippen LogP contribution is 2.40. The number of benzene rings is 2. The topological polar surface area (TPSA) is 269 Å². The molecule has 0 radical (unpaired) electrons. The minimum absolute atomic E-state index is 0.0437. The number of ether oxygens (including phenoxy) is 4. The molecule has 2 aliphatic rings. The molecule has 2 saturated heterocycles. The van der Waals surface area contributed by atoms with E-state index in [4.69, 9.17) is 23.4 Å². The molecule has 2 aliphatic heterocycles. The van der Waals surface area contributed by atoms with Crippen molar-refractivity contribution in [1.82, 2.24) is 0 Å². The van der Waals surface area contributed by atoms with Crippen molar-refractivity contribution in [2.75, 3.05) is 13.2 Å². The molecule has 5 rings (SSSR count). The highest BCUT2D eigenvalue weighted by molar-refractivity contribution is 5.88. The Bertz CT molecular complexity index is 1500. The van der Waals surface area contributed by atoms with Crippen LogP contribution < -0.4 is 14.9 Å². The zero-order chi connectivity index (χ0) is 30.5. The Kier molecular flexibility index (Phi) is 8.17. The number of phenolic OH excluding ortho intramolecular Hbond substituents is 3. The number of aliphatic hydroxyl groups excluding tert-OH is 7. The van der Waals surface area contributed by atoms with Crippen molar-refractivity contribution in [3.63, 3.8) is 0 Å². The van der Waals surface area contributed by atoms with E-state index in [-0.39, 0.29) is 23.5 Å². The first-order valence-electron chi connectivity index (χ1n) is 12.6. The van der Waals surface area contributed by atoms with Crippen LogP contribution >= 0.6 is 0 Å². The van der Waals surface area contributed by atoms with Crippen LogP contribution in [0.4, 0.5) is 0 Å². The molecule has 1 aromatic heterocycles. The van der Waals surface area contributed by atoms with E-state index in [1.54, 1.807) is 0 Å². The smallest absolute Gasteiger partial charge is 0.239 e. The van der Waals surface area contributed by atoms with E-state index in [2.05, 4.69) is 0 Å². The molecule has 2 fully saturated rings. The maximum Gasteiger partial charge on any atom is 0.239 e. The summed E-state index contributed by atoms with van der Waals surface area (Å²) in [5.74, 6) is -3.13. The molecule has 42 heavy (non-hydrogen) atoms. The number of aliphatic hydroxyl groups is 7. The van der Waals surface area contributed by atoms with Gasteiger partial charge in [0.1, 0.15) is 65.2 Å². The maximum absolute atomic E-state index is 13.7. The molecule has 0 aliphatic carbocycles. The third-order valence-electron chi connectivity index (χ3n) is 6.93. The fourth-order valence-electron chi connectivity index (χ4n) is 4.59. The molecule has 0 unspecified atom stereocenters. The van der Waals surface area contributed by atoms with E-state index >= 15 is 0 Å². The first kappa shape index (κ1) is 29.8. The van der Waals surface area contributed by atoms with E-state index in [1.165, 1.54) is 6.07 Å². The molecule has 228 valence electrons. The summed E-state index contributed by atoms with van der Waals surface area (Å²) in [6.07, 6.45) is -14.8. The van der Waals surface area contributed by atoms with Gasteiger partial charge in [-0.3, -0.25) is 4.79 Å². The number of fused-ring (bicyclic) bond motifs is 1. The van der Waals surface area contributed by atoms with Gasteiger partial charge >= 0.3 is 0 Å². The molecule has 16 nitrogen and oxygen atoms in total. The Morgan fingerprint density at radius 1 is 0.786 bits per heavy atom. The summed E-state index contributed by atoms with van der Waals surface area (Å²) in [6, 6.07) is 5.42. The average molecular weight is 596 g/mol. The summed E-state index contributed by atoms with van der Waals surface area (Å²) in [5, 5.41) is 100. The Hall–Kier alpha value is -3.71. The lowest BCUT2D eigenvalue weighted by Gasteiger charge is -2.39. The van der Waals surface area contributed by atoms with Gasteiger partial charge in [-0.2, -0.15) is 0 Å². The van der Waals surface area contributed by atoms with E-state index in [0.717, 1.165) is 24.3 Å². The Labute approximate surface area is 235 Å². The van der Waals surface area contributed by atoms with Crippen LogP contribution in [-0.2, 0) is 9.47 Å². The second-order valence-electron chi connectivity index (χ2n) is 9.79. The molecule has 2 aromatic carbocycles. The number of aromatic hydroxyl groups is 3. The van der Waals surface area contributed by atoms with Crippen LogP contribution in [0.25, 0.3) is 22.3 Å². The molecule has 9 atom stereocenters. The van der Waals surface area contributed by atoms with Crippen molar-refractivity contribution in [2.24, 2.45) is 0 Å². The normalized spacial score (nSPS) is 31.6. The van der Waals surface area contributed by atoms with Crippen LogP contribution in [0.1, 0.15) is 0 Å². The van der Waals surface area contributed by atoms with Gasteiger partial charge in [-0.15, -0.1) is 0 Å². The van der Waals surface area contributed by atoms with Gasteiger partial charge in [0, 0.05) is 17.7 Å². The van der Waals surface area contributed by atoms with Crippen molar-refractivity contribution in [2.45, 2.75) is 55.3 Å². The number of phenols is 3. The third-order valence-corrected chi connectivity index (χ3v) is 6.93. The molecule has 10 N–H and O–H groups in total. The lowest BCUT2D eigenvalue weighted by atomic mass is 9.99. The summed E-state index contributed by atoms with van der Waals surface area (Å²) in [6.45, 7) is -1.15. The van der Waals surface area contributed by atoms with Crippen LogP contribution in [0, 0.1) is 0 Å². The van der Waals surface area contributed by atoms with Crippen LogP contribution in [-0.4, -0.2) is 120 Å². The zero-order valence-electron chi connectivity index (χ0n) is 21.4. The van der Waals surface area contributed by atoms with Crippen LogP contribution in [0.5, 0.6) is 28.7 Å². The van der Waals surface area contributed by atoms with Gasteiger partial charge in [0.25, 0.3) is 0 Å². The van der Waals surface area contributed by atoms with Crippen LogP contribution in [0.15, 0.2) is 39.5 Å². The third kappa shape index (κ3) is 5.31. The number of rotatable bonds is 6. The lowest BCUT2D eigenvalue weighted by Crippen LogP contribution is -2.60.